The average molecular weight is 268 g/mol. The van der Waals surface area contributed by atoms with Crippen molar-refractivity contribution in [3.63, 3.8) is 0 Å². The maximum Gasteiger partial charge on any atom is 0.311 e. The molecule has 0 aliphatic heterocycles. The Hall–Kier alpha value is -1.30. The highest BCUT2D eigenvalue weighted by Crippen LogP contribution is 2.24. The summed E-state index contributed by atoms with van der Waals surface area (Å²) in [5.74, 6) is -1.88. The topological polar surface area (TPSA) is 39.2 Å². The van der Waals surface area contributed by atoms with E-state index in [1.165, 1.54) is 0 Å². The number of hydrogen-bond donors (Lipinski definition) is 0. The second kappa shape index (κ2) is 5.86. The maximum absolute atomic E-state index is 13.4. The van der Waals surface area contributed by atoms with E-state index in [9.17, 15) is 18.0 Å². The summed E-state index contributed by atoms with van der Waals surface area (Å²) in [6.45, 7) is 0. The third-order valence-corrected chi connectivity index (χ3v) is 2.34. The van der Waals surface area contributed by atoms with Crippen molar-refractivity contribution < 1.29 is 22.7 Å². The van der Waals surface area contributed by atoms with E-state index in [1.807, 2.05) is 0 Å². The van der Waals surface area contributed by atoms with Gasteiger partial charge in [0.2, 0.25) is 0 Å². The predicted molar refractivity (Wildman–Crippen MR) is 54.4 cm³/mol. The van der Waals surface area contributed by atoms with Gasteiger partial charge in [-0.05, 0) is 11.6 Å². The summed E-state index contributed by atoms with van der Waals surface area (Å²) in [6, 6.07) is 0.861. The van der Waals surface area contributed by atoms with Gasteiger partial charge in [-0.1, -0.05) is 0 Å². The van der Waals surface area contributed by atoms with Gasteiger partial charge >= 0.3 is 5.97 Å². The van der Waals surface area contributed by atoms with E-state index in [-0.39, 0.29) is 17.1 Å². The van der Waals surface area contributed by atoms with Crippen LogP contribution in [0.4, 0.5) is 13.2 Å². The van der Waals surface area contributed by atoms with Gasteiger partial charge < -0.3 is 4.74 Å². The Morgan fingerprint density at radius 1 is 1.59 bits per heavy atom. The Labute approximate surface area is 101 Å². The first-order chi connectivity index (χ1) is 7.99. The van der Waals surface area contributed by atoms with E-state index in [0.29, 0.717) is 0 Å². The lowest BCUT2D eigenvalue weighted by Crippen LogP contribution is -2.11. The van der Waals surface area contributed by atoms with Gasteiger partial charge in [-0.25, -0.2) is 18.2 Å². The van der Waals surface area contributed by atoms with Gasteiger partial charge in [0.25, 0.3) is 6.43 Å². The number of aromatic nitrogens is 1. The second-order valence-corrected chi connectivity index (χ2v) is 3.42. The van der Waals surface area contributed by atoms with Crippen LogP contribution in [0.5, 0.6) is 0 Å². The number of pyridine rings is 1. The summed E-state index contributed by atoms with van der Waals surface area (Å²) in [5.41, 5.74) is -1.07. The maximum atomic E-state index is 13.4. The summed E-state index contributed by atoms with van der Waals surface area (Å²) in [6.07, 6.45) is -3.37. The highest BCUT2D eigenvalue weighted by Gasteiger charge is 2.19. The zero-order chi connectivity index (χ0) is 13.0. The molecule has 0 saturated carbocycles. The summed E-state index contributed by atoms with van der Waals surface area (Å²) >= 11 is 5.40. The van der Waals surface area contributed by atoms with Gasteiger partial charge in [0.05, 0.1) is 19.2 Å². The number of methoxy groups -OCH3 is 1. The highest BCUT2D eigenvalue weighted by molar-refractivity contribution is 6.17. The number of rotatable bonds is 4. The number of halogens is 4. The third kappa shape index (κ3) is 3.33. The zero-order valence-corrected chi connectivity index (χ0v) is 9.60. The minimum Gasteiger partial charge on any atom is -0.469 e. The number of carbonyl (C=O) groups excluding carboxylic acids is 1. The van der Waals surface area contributed by atoms with Crippen LogP contribution in [0.15, 0.2) is 6.07 Å². The van der Waals surface area contributed by atoms with Crippen molar-refractivity contribution in [3.8, 4) is 0 Å². The molecule has 0 N–H and O–H groups in total. The molecule has 1 rings (SSSR count). The number of nitrogens with zero attached hydrogens (tertiary/aromatic N) is 1. The van der Waals surface area contributed by atoms with Crippen molar-refractivity contribution >= 4 is 17.6 Å². The van der Waals surface area contributed by atoms with Crippen molar-refractivity contribution in [3.05, 3.63) is 28.8 Å². The van der Waals surface area contributed by atoms with Crippen LogP contribution in [0.3, 0.4) is 0 Å². The molecule has 1 aromatic rings. The van der Waals surface area contributed by atoms with Crippen LogP contribution >= 0.6 is 11.6 Å². The Morgan fingerprint density at radius 3 is 2.71 bits per heavy atom. The molecular weight excluding hydrogens is 259 g/mol. The van der Waals surface area contributed by atoms with Crippen molar-refractivity contribution in [1.29, 1.82) is 0 Å². The molecule has 0 fully saturated rings. The molecule has 0 atom stereocenters. The van der Waals surface area contributed by atoms with Crippen LogP contribution in [-0.4, -0.2) is 18.1 Å². The molecular formula is C10H9ClF3NO2. The van der Waals surface area contributed by atoms with Crippen LogP contribution in [0.25, 0.3) is 0 Å². The van der Waals surface area contributed by atoms with Crippen LogP contribution < -0.4 is 0 Å². The largest absolute Gasteiger partial charge is 0.469 e. The molecule has 0 aliphatic rings. The average Bonchev–Trinajstić information content (AvgIpc) is 2.30. The van der Waals surface area contributed by atoms with Crippen LogP contribution in [-0.2, 0) is 21.8 Å². The van der Waals surface area contributed by atoms with Gasteiger partial charge in [0.1, 0.15) is 11.5 Å². The molecule has 0 aliphatic carbocycles. The highest BCUT2D eigenvalue weighted by atomic mass is 35.5. The van der Waals surface area contributed by atoms with Crippen molar-refractivity contribution in [2.24, 2.45) is 0 Å². The molecule has 1 aromatic heterocycles. The predicted octanol–water partition coefficient (Wildman–Crippen LogP) is 2.61. The molecule has 17 heavy (non-hydrogen) atoms. The van der Waals surface area contributed by atoms with E-state index in [4.69, 9.17) is 11.6 Å². The summed E-state index contributed by atoms with van der Waals surface area (Å²) < 4.78 is 42.9. The molecule has 1 heterocycles. The fraction of sp³-hybridized carbons (Fsp3) is 0.400. The number of hydrogen-bond acceptors (Lipinski definition) is 3. The van der Waals surface area contributed by atoms with Crippen LogP contribution in [0, 0.1) is 5.82 Å². The molecule has 0 aromatic carbocycles. The first kappa shape index (κ1) is 13.8. The summed E-state index contributed by atoms with van der Waals surface area (Å²) in [7, 11) is 1.11. The Balaban J connectivity index is 3.15. The Morgan fingerprint density at radius 2 is 2.24 bits per heavy atom. The lowest BCUT2D eigenvalue weighted by Gasteiger charge is -2.09. The summed E-state index contributed by atoms with van der Waals surface area (Å²) in [5, 5.41) is 0. The molecule has 0 spiro atoms. The lowest BCUT2D eigenvalue weighted by atomic mass is 10.1. The van der Waals surface area contributed by atoms with E-state index in [0.717, 1.165) is 13.2 Å². The third-order valence-electron chi connectivity index (χ3n) is 2.05. The zero-order valence-electron chi connectivity index (χ0n) is 8.84. The van der Waals surface area contributed by atoms with E-state index >= 15 is 0 Å². The fourth-order valence-corrected chi connectivity index (χ4v) is 1.42. The van der Waals surface area contributed by atoms with Crippen molar-refractivity contribution in [2.75, 3.05) is 7.11 Å². The van der Waals surface area contributed by atoms with Crippen molar-refractivity contribution in [1.82, 2.24) is 4.98 Å². The molecule has 0 amide bonds. The molecule has 94 valence electrons. The van der Waals surface area contributed by atoms with Crippen LogP contribution in [0.2, 0.25) is 0 Å². The van der Waals surface area contributed by atoms with Gasteiger partial charge in [-0.15, -0.1) is 11.6 Å². The van der Waals surface area contributed by atoms with Gasteiger partial charge in [-0.3, -0.25) is 4.79 Å². The van der Waals surface area contributed by atoms with Gasteiger partial charge in [-0.2, -0.15) is 0 Å². The standard InChI is InChI=1S/C10H9ClF3NO2/c1-17-8(16)3-7-6(12)2-5(4-11)9(15-7)10(13)14/h2,10H,3-4H2,1H3. The first-order valence-corrected chi connectivity index (χ1v) is 5.12. The smallest absolute Gasteiger partial charge is 0.311 e. The van der Waals surface area contributed by atoms with E-state index in [2.05, 4.69) is 9.72 Å². The molecule has 0 saturated heterocycles. The minimum atomic E-state index is -2.87. The summed E-state index contributed by atoms with van der Waals surface area (Å²) in [4.78, 5) is 14.3. The number of ether oxygens (including phenoxy) is 1. The molecule has 7 heteroatoms. The number of alkyl halides is 3. The van der Waals surface area contributed by atoms with Gasteiger partial charge in [0, 0.05) is 5.88 Å². The lowest BCUT2D eigenvalue weighted by molar-refractivity contribution is -0.139. The van der Waals surface area contributed by atoms with Crippen LogP contribution in [0.1, 0.15) is 23.4 Å². The molecule has 0 unspecified atom stereocenters. The number of esters is 1. The first-order valence-electron chi connectivity index (χ1n) is 4.58. The fourth-order valence-electron chi connectivity index (χ4n) is 1.21. The monoisotopic (exact) mass is 267 g/mol. The SMILES string of the molecule is COC(=O)Cc1nc(C(F)F)c(CCl)cc1F. The molecule has 3 nitrogen and oxygen atoms in total. The van der Waals surface area contributed by atoms with E-state index < -0.39 is 30.3 Å². The van der Waals surface area contributed by atoms with Gasteiger partial charge in [0.15, 0.2) is 0 Å². The van der Waals surface area contributed by atoms with Crippen molar-refractivity contribution in [2.45, 2.75) is 18.7 Å². The molecule has 0 radical (unpaired) electrons. The second-order valence-electron chi connectivity index (χ2n) is 3.15. The molecule has 0 bridgehead atoms. The Kier molecular flexibility index (Phi) is 4.74. The normalized spacial score (nSPS) is 10.7. The van der Waals surface area contributed by atoms with E-state index in [1.54, 1.807) is 0 Å². The number of carbonyl (C=O) groups is 1. The Bertz CT molecular complexity index is 426. The quantitative estimate of drug-likeness (QED) is 0.622. The minimum absolute atomic E-state index is 0.0900.